The molecule has 4 nitrogen and oxygen atoms in total. The van der Waals surface area contributed by atoms with Crippen LogP contribution in [0.25, 0.3) is 0 Å². The second kappa shape index (κ2) is 5.00. The summed E-state index contributed by atoms with van der Waals surface area (Å²) in [6.45, 7) is 2.10. The van der Waals surface area contributed by atoms with Crippen LogP contribution in [0.4, 0.5) is 4.39 Å². The molecule has 1 N–H and O–H groups in total. The van der Waals surface area contributed by atoms with Crippen LogP contribution in [0.5, 0.6) is 0 Å². The molecule has 0 bridgehead atoms. The summed E-state index contributed by atoms with van der Waals surface area (Å²) in [4.78, 5) is 11.8. The average molecular weight is 247 g/mol. The molecule has 0 spiro atoms. The van der Waals surface area contributed by atoms with Gasteiger partial charge in [0.25, 0.3) is 5.91 Å². The van der Waals surface area contributed by atoms with E-state index in [0.717, 1.165) is 11.3 Å². The van der Waals surface area contributed by atoms with Crippen molar-refractivity contribution in [3.63, 3.8) is 0 Å². The van der Waals surface area contributed by atoms with Gasteiger partial charge in [-0.3, -0.25) is 9.48 Å². The second-order valence-electron chi connectivity index (χ2n) is 4.11. The second-order valence-corrected chi connectivity index (χ2v) is 4.11. The first-order valence-corrected chi connectivity index (χ1v) is 5.59. The number of rotatable bonds is 3. The first kappa shape index (κ1) is 12.3. The Hall–Kier alpha value is -2.17. The third kappa shape index (κ3) is 2.56. The van der Waals surface area contributed by atoms with Crippen LogP contribution in [0.3, 0.4) is 0 Å². The summed E-state index contributed by atoms with van der Waals surface area (Å²) in [6, 6.07) is 6.34. The standard InChI is InChI=1S/C13H14FN3O/c1-9-3-4-11(12(14)7-9)13(18)15-8-10-5-6-16-17(10)2/h3-7H,8H2,1-2H3,(H,15,18). The number of hydrogen-bond donors (Lipinski definition) is 1. The molecule has 0 saturated carbocycles. The van der Waals surface area contributed by atoms with Gasteiger partial charge < -0.3 is 5.32 Å². The zero-order valence-electron chi connectivity index (χ0n) is 10.3. The van der Waals surface area contributed by atoms with Crippen molar-refractivity contribution >= 4 is 5.91 Å². The van der Waals surface area contributed by atoms with Gasteiger partial charge in [0.2, 0.25) is 0 Å². The number of halogens is 1. The molecular weight excluding hydrogens is 233 g/mol. The third-order valence-corrected chi connectivity index (χ3v) is 2.72. The number of benzene rings is 1. The Bertz CT molecular complexity index is 577. The Morgan fingerprint density at radius 1 is 1.44 bits per heavy atom. The molecule has 2 aromatic rings. The molecular formula is C13H14FN3O. The minimum atomic E-state index is -0.502. The van der Waals surface area contributed by atoms with E-state index in [9.17, 15) is 9.18 Å². The molecule has 1 heterocycles. The molecule has 1 aromatic carbocycles. The number of carbonyl (C=O) groups is 1. The quantitative estimate of drug-likeness (QED) is 0.899. The number of aryl methyl sites for hydroxylation is 2. The van der Waals surface area contributed by atoms with Gasteiger partial charge in [0.05, 0.1) is 17.8 Å². The summed E-state index contributed by atoms with van der Waals surface area (Å²) < 4.78 is 15.2. The smallest absolute Gasteiger partial charge is 0.254 e. The predicted octanol–water partition coefficient (Wildman–Crippen LogP) is 1.80. The normalized spacial score (nSPS) is 10.4. The highest BCUT2D eigenvalue weighted by atomic mass is 19.1. The van der Waals surface area contributed by atoms with Crippen molar-refractivity contribution in [2.75, 3.05) is 0 Å². The largest absolute Gasteiger partial charge is 0.346 e. The van der Waals surface area contributed by atoms with Gasteiger partial charge in [0.1, 0.15) is 5.82 Å². The third-order valence-electron chi connectivity index (χ3n) is 2.72. The minimum Gasteiger partial charge on any atom is -0.346 e. The van der Waals surface area contributed by atoms with Crippen LogP contribution >= 0.6 is 0 Å². The van der Waals surface area contributed by atoms with Gasteiger partial charge in [0.15, 0.2) is 0 Å². The van der Waals surface area contributed by atoms with E-state index < -0.39 is 11.7 Å². The van der Waals surface area contributed by atoms with E-state index in [-0.39, 0.29) is 5.56 Å². The van der Waals surface area contributed by atoms with Crippen LogP contribution in [0, 0.1) is 12.7 Å². The van der Waals surface area contributed by atoms with Crippen molar-refractivity contribution < 1.29 is 9.18 Å². The Balaban J connectivity index is 2.06. The van der Waals surface area contributed by atoms with Gasteiger partial charge in [-0.25, -0.2) is 4.39 Å². The Labute approximate surface area is 104 Å². The Morgan fingerprint density at radius 2 is 2.22 bits per heavy atom. The van der Waals surface area contributed by atoms with E-state index in [1.165, 1.54) is 12.1 Å². The maximum absolute atomic E-state index is 13.6. The summed E-state index contributed by atoms with van der Waals surface area (Å²) >= 11 is 0. The number of hydrogen-bond acceptors (Lipinski definition) is 2. The highest BCUT2D eigenvalue weighted by molar-refractivity contribution is 5.94. The summed E-state index contributed by atoms with van der Waals surface area (Å²) in [5.41, 5.74) is 1.70. The van der Waals surface area contributed by atoms with Gasteiger partial charge in [-0.15, -0.1) is 0 Å². The average Bonchev–Trinajstić information content (AvgIpc) is 2.72. The maximum atomic E-state index is 13.6. The lowest BCUT2D eigenvalue weighted by Gasteiger charge is -2.07. The van der Waals surface area contributed by atoms with E-state index in [1.807, 2.05) is 0 Å². The summed E-state index contributed by atoms with van der Waals surface area (Å²) in [6.07, 6.45) is 1.65. The highest BCUT2D eigenvalue weighted by Gasteiger charge is 2.11. The molecule has 2 rings (SSSR count). The van der Waals surface area contributed by atoms with E-state index >= 15 is 0 Å². The van der Waals surface area contributed by atoms with Crippen LogP contribution in [0.1, 0.15) is 21.6 Å². The van der Waals surface area contributed by atoms with Gasteiger partial charge in [-0.2, -0.15) is 5.10 Å². The zero-order valence-corrected chi connectivity index (χ0v) is 10.3. The maximum Gasteiger partial charge on any atom is 0.254 e. The molecule has 0 fully saturated rings. The predicted molar refractivity (Wildman–Crippen MR) is 65.5 cm³/mol. The number of nitrogens with one attached hydrogen (secondary N) is 1. The fraction of sp³-hybridized carbons (Fsp3) is 0.231. The molecule has 0 aliphatic rings. The molecule has 0 atom stereocenters. The molecule has 18 heavy (non-hydrogen) atoms. The van der Waals surface area contributed by atoms with Crippen LogP contribution in [-0.2, 0) is 13.6 Å². The molecule has 1 amide bonds. The lowest BCUT2D eigenvalue weighted by Crippen LogP contribution is -2.25. The molecule has 1 aromatic heterocycles. The van der Waals surface area contributed by atoms with Crippen LogP contribution in [0.15, 0.2) is 30.5 Å². The number of nitrogens with zero attached hydrogens (tertiary/aromatic N) is 2. The van der Waals surface area contributed by atoms with Crippen LogP contribution < -0.4 is 5.32 Å². The lowest BCUT2D eigenvalue weighted by atomic mass is 10.1. The van der Waals surface area contributed by atoms with Crippen molar-refractivity contribution in [2.24, 2.45) is 7.05 Å². The van der Waals surface area contributed by atoms with Crippen molar-refractivity contribution in [3.8, 4) is 0 Å². The fourth-order valence-electron chi connectivity index (χ4n) is 1.65. The van der Waals surface area contributed by atoms with Crippen LogP contribution in [0.2, 0.25) is 0 Å². The Kier molecular flexibility index (Phi) is 3.41. The van der Waals surface area contributed by atoms with Crippen molar-refractivity contribution in [2.45, 2.75) is 13.5 Å². The summed E-state index contributed by atoms with van der Waals surface area (Å²) in [5.74, 6) is -0.925. The zero-order chi connectivity index (χ0) is 13.1. The lowest BCUT2D eigenvalue weighted by molar-refractivity contribution is 0.0946. The Morgan fingerprint density at radius 3 is 2.83 bits per heavy atom. The van der Waals surface area contributed by atoms with Gasteiger partial charge in [-0.05, 0) is 30.7 Å². The molecule has 5 heteroatoms. The molecule has 94 valence electrons. The van der Waals surface area contributed by atoms with Gasteiger partial charge in [0, 0.05) is 13.2 Å². The fourth-order valence-corrected chi connectivity index (χ4v) is 1.65. The number of amides is 1. The molecule has 0 radical (unpaired) electrons. The van der Waals surface area contributed by atoms with E-state index in [0.29, 0.717) is 6.54 Å². The topological polar surface area (TPSA) is 46.9 Å². The molecule has 0 unspecified atom stereocenters. The summed E-state index contributed by atoms with van der Waals surface area (Å²) in [5, 5.41) is 6.65. The minimum absolute atomic E-state index is 0.0581. The van der Waals surface area contributed by atoms with Crippen molar-refractivity contribution in [3.05, 3.63) is 53.1 Å². The van der Waals surface area contributed by atoms with Crippen molar-refractivity contribution in [1.29, 1.82) is 0 Å². The van der Waals surface area contributed by atoms with Gasteiger partial charge in [-0.1, -0.05) is 6.07 Å². The molecule has 0 saturated heterocycles. The molecule has 0 aliphatic heterocycles. The monoisotopic (exact) mass is 247 g/mol. The molecule has 0 aliphatic carbocycles. The van der Waals surface area contributed by atoms with Crippen LogP contribution in [-0.4, -0.2) is 15.7 Å². The first-order valence-electron chi connectivity index (χ1n) is 5.59. The number of aromatic nitrogens is 2. The van der Waals surface area contributed by atoms with Gasteiger partial charge >= 0.3 is 0 Å². The van der Waals surface area contributed by atoms with E-state index in [1.54, 1.807) is 37.0 Å². The van der Waals surface area contributed by atoms with Crippen molar-refractivity contribution in [1.82, 2.24) is 15.1 Å². The SMILES string of the molecule is Cc1ccc(C(=O)NCc2ccnn2C)c(F)c1. The van der Waals surface area contributed by atoms with E-state index in [2.05, 4.69) is 10.4 Å². The first-order chi connectivity index (χ1) is 8.58. The highest BCUT2D eigenvalue weighted by Crippen LogP contribution is 2.09. The van der Waals surface area contributed by atoms with E-state index in [4.69, 9.17) is 0 Å². The summed E-state index contributed by atoms with van der Waals surface area (Å²) in [7, 11) is 1.79. The number of carbonyl (C=O) groups excluding carboxylic acids is 1.